The second-order valence-electron chi connectivity index (χ2n) is 11.2. The van der Waals surface area contributed by atoms with Crippen molar-refractivity contribution in [2.45, 2.75) is 104 Å². The quantitative estimate of drug-likeness (QED) is 0.0805. The van der Waals surface area contributed by atoms with E-state index < -0.39 is 0 Å². The SMILES string of the molecule is CCCCCCCCCC/C=C/CCCC[N+](Cc1ccccc1)(Cc1ccccc1)Cc1ccccc1. The fraction of sp³-hybridized carbons (Fsp3) is 0.459. The number of hydrogen-bond donors (Lipinski definition) is 0. The number of nitrogens with zero attached hydrogens (tertiary/aromatic N) is 1. The number of rotatable bonds is 20. The maximum absolute atomic E-state index is 2.45. The van der Waals surface area contributed by atoms with Gasteiger partial charge >= 0.3 is 0 Å². The van der Waals surface area contributed by atoms with E-state index in [1.165, 1.54) is 100 Å². The Hall–Kier alpha value is -2.64. The summed E-state index contributed by atoms with van der Waals surface area (Å²) in [5.74, 6) is 0. The van der Waals surface area contributed by atoms with Gasteiger partial charge in [-0.1, -0.05) is 155 Å². The zero-order valence-electron chi connectivity index (χ0n) is 24.1. The highest BCUT2D eigenvalue weighted by Gasteiger charge is 2.28. The molecule has 0 unspecified atom stereocenters. The molecule has 3 aromatic carbocycles. The summed E-state index contributed by atoms with van der Waals surface area (Å²) in [5.41, 5.74) is 4.30. The van der Waals surface area contributed by atoms with Crippen LogP contribution in [0.4, 0.5) is 0 Å². The van der Waals surface area contributed by atoms with Crippen molar-refractivity contribution in [3.8, 4) is 0 Å². The Morgan fingerprint density at radius 3 is 1.24 bits per heavy atom. The molecule has 1 heteroatoms. The van der Waals surface area contributed by atoms with Gasteiger partial charge in [0.25, 0.3) is 0 Å². The predicted molar refractivity (Wildman–Crippen MR) is 166 cm³/mol. The zero-order chi connectivity index (χ0) is 26.6. The van der Waals surface area contributed by atoms with Gasteiger partial charge in [0.15, 0.2) is 0 Å². The van der Waals surface area contributed by atoms with Crippen molar-refractivity contribution in [2.75, 3.05) is 6.54 Å². The number of benzene rings is 3. The Bertz CT molecular complexity index is 876. The van der Waals surface area contributed by atoms with Crippen molar-refractivity contribution < 1.29 is 4.48 Å². The molecule has 0 aliphatic carbocycles. The van der Waals surface area contributed by atoms with Crippen molar-refractivity contribution in [3.05, 3.63) is 120 Å². The molecule has 0 saturated heterocycles. The highest BCUT2D eigenvalue weighted by Crippen LogP contribution is 2.25. The highest BCUT2D eigenvalue weighted by atomic mass is 15.3. The summed E-state index contributed by atoms with van der Waals surface area (Å²) in [6.07, 6.45) is 21.1. The first kappa shape index (κ1) is 29.9. The van der Waals surface area contributed by atoms with E-state index >= 15 is 0 Å². The maximum Gasteiger partial charge on any atom is 0.105 e. The summed E-state index contributed by atoms with van der Waals surface area (Å²) >= 11 is 0. The Kier molecular flexibility index (Phi) is 14.6. The van der Waals surface area contributed by atoms with Crippen LogP contribution in [0.15, 0.2) is 103 Å². The third-order valence-electron chi connectivity index (χ3n) is 7.73. The van der Waals surface area contributed by atoms with Gasteiger partial charge in [-0.05, 0) is 32.1 Å². The summed E-state index contributed by atoms with van der Waals surface area (Å²) in [7, 11) is 0. The molecule has 0 atom stereocenters. The molecule has 0 radical (unpaired) electrons. The van der Waals surface area contributed by atoms with Gasteiger partial charge in [-0.25, -0.2) is 0 Å². The summed E-state index contributed by atoms with van der Waals surface area (Å²) in [6, 6.07) is 33.3. The normalized spacial score (nSPS) is 11.8. The van der Waals surface area contributed by atoms with Crippen LogP contribution in [0.25, 0.3) is 0 Å². The van der Waals surface area contributed by atoms with E-state index in [9.17, 15) is 0 Å². The minimum Gasteiger partial charge on any atom is -0.312 e. The smallest absolute Gasteiger partial charge is 0.105 e. The van der Waals surface area contributed by atoms with Crippen LogP contribution in [-0.4, -0.2) is 11.0 Å². The van der Waals surface area contributed by atoms with Crippen molar-refractivity contribution >= 4 is 0 Å². The van der Waals surface area contributed by atoms with Gasteiger partial charge in [0, 0.05) is 16.7 Å². The first-order valence-corrected chi connectivity index (χ1v) is 15.4. The second kappa shape index (κ2) is 18.6. The molecular formula is C37H52N+. The molecule has 1 nitrogen and oxygen atoms in total. The lowest BCUT2D eigenvalue weighted by Crippen LogP contribution is -2.46. The van der Waals surface area contributed by atoms with E-state index in [2.05, 4.69) is 110 Å². The summed E-state index contributed by atoms with van der Waals surface area (Å²) < 4.78 is 1.07. The molecule has 0 heterocycles. The van der Waals surface area contributed by atoms with E-state index in [0.717, 1.165) is 24.1 Å². The topological polar surface area (TPSA) is 0 Å². The van der Waals surface area contributed by atoms with Crippen LogP contribution in [0.3, 0.4) is 0 Å². The third-order valence-corrected chi connectivity index (χ3v) is 7.73. The largest absolute Gasteiger partial charge is 0.312 e. The average Bonchev–Trinajstić information content (AvgIpc) is 2.95. The number of hydrogen-bond acceptors (Lipinski definition) is 0. The lowest BCUT2D eigenvalue weighted by molar-refractivity contribution is -0.966. The first-order valence-electron chi connectivity index (χ1n) is 15.4. The summed E-state index contributed by atoms with van der Waals surface area (Å²) in [5, 5.41) is 0. The fourth-order valence-corrected chi connectivity index (χ4v) is 5.66. The fourth-order valence-electron chi connectivity index (χ4n) is 5.66. The van der Waals surface area contributed by atoms with Crippen LogP contribution >= 0.6 is 0 Å². The van der Waals surface area contributed by atoms with E-state index in [0.29, 0.717) is 0 Å². The monoisotopic (exact) mass is 510 g/mol. The lowest BCUT2D eigenvalue weighted by atomic mass is 10.1. The second-order valence-corrected chi connectivity index (χ2v) is 11.2. The van der Waals surface area contributed by atoms with Gasteiger partial charge in [-0.3, -0.25) is 0 Å². The Labute approximate surface area is 234 Å². The Morgan fingerprint density at radius 2 is 0.816 bits per heavy atom. The Morgan fingerprint density at radius 1 is 0.447 bits per heavy atom. The zero-order valence-corrected chi connectivity index (χ0v) is 24.1. The third kappa shape index (κ3) is 12.3. The molecule has 38 heavy (non-hydrogen) atoms. The van der Waals surface area contributed by atoms with Crippen LogP contribution in [-0.2, 0) is 19.6 Å². The molecule has 0 bridgehead atoms. The summed E-state index contributed by atoms with van der Waals surface area (Å²) in [4.78, 5) is 0. The standard InChI is InChI=1S/C37H52N/c1-2-3-4-5-6-7-8-9-10-11-12-13-14-24-31-38(32-35-25-18-15-19-26-35,33-36-27-20-16-21-28-36)34-37-29-22-17-23-30-37/h11-12,15-23,25-30H,2-10,13-14,24,31-34H2,1H3/q+1/b12-11+. The van der Waals surface area contributed by atoms with Gasteiger partial charge in [-0.2, -0.15) is 0 Å². The molecule has 0 aliphatic rings. The van der Waals surface area contributed by atoms with Gasteiger partial charge < -0.3 is 4.48 Å². The van der Waals surface area contributed by atoms with Crippen molar-refractivity contribution in [2.24, 2.45) is 0 Å². The molecule has 0 N–H and O–H groups in total. The molecule has 0 aromatic heterocycles. The molecular weight excluding hydrogens is 458 g/mol. The van der Waals surface area contributed by atoms with Gasteiger partial charge in [0.1, 0.15) is 19.6 Å². The van der Waals surface area contributed by atoms with Gasteiger partial charge in [-0.15, -0.1) is 0 Å². The van der Waals surface area contributed by atoms with Crippen molar-refractivity contribution in [1.82, 2.24) is 0 Å². The number of allylic oxidation sites excluding steroid dienone is 2. The van der Waals surface area contributed by atoms with E-state index in [4.69, 9.17) is 0 Å². The van der Waals surface area contributed by atoms with Crippen LogP contribution in [0.2, 0.25) is 0 Å². The van der Waals surface area contributed by atoms with Crippen LogP contribution < -0.4 is 0 Å². The number of quaternary nitrogens is 1. The van der Waals surface area contributed by atoms with Crippen molar-refractivity contribution in [1.29, 1.82) is 0 Å². The van der Waals surface area contributed by atoms with Crippen LogP contribution in [0.5, 0.6) is 0 Å². The Balaban J connectivity index is 1.53. The molecule has 0 amide bonds. The van der Waals surface area contributed by atoms with E-state index in [1.807, 2.05) is 0 Å². The molecule has 3 rings (SSSR count). The predicted octanol–water partition coefficient (Wildman–Crippen LogP) is 10.7. The van der Waals surface area contributed by atoms with E-state index in [-0.39, 0.29) is 0 Å². The highest BCUT2D eigenvalue weighted by molar-refractivity contribution is 5.17. The van der Waals surface area contributed by atoms with Crippen molar-refractivity contribution in [3.63, 3.8) is 0 Å². The maximum atomic E-state index is 2.45. The minimum atomic E-state index is 1.07. The number of unbranched alkanes of at least 4 members (excludes halogenated alkanes) is 10. The van der Waals surface area contributed by atoms with Gasteiger partial charge in [0.2, 0.25) is 0 Å². The molecule has 0 spiro atoms. The molecule has 204 valence electrons. The average molecular weight is 511 g/mol. The molecule has 0 fully saturated rings. The van der Waals surface area contributed by atoms with Crippen LogP contribution in [0.1, 0.15) is 101 Å². The van der Waals surface area contributed by atoms with E-state index in [1.54, 1.807) is 0 Å². The van der Waals surface area contributed by atoms with Gasteiger partial charge in [0.05, 0.1) is 6.54 Å². The van der Waals surface area contributed by atoms with Crippen LogP contribution in [0, 0.1) is 0 Å². The summed E-state index contributed by atoms with van der Waals surface area (Å²) in [6.45, 7) is 6.70. The first-order chi connectivity index (χ1) is 18.8. The minimum absolute atomic E-state index is 1.07. The lowest BCUT2D eigenvalue weighted by Gasteiger charge is -2.39. The molecule has 3 aromatic rings. The molecule has 0 saturated carbocycles. The molecule has 0 aliphatic heterocycles.